The topological polar surface area (TPSA) is 210 Å². The molecule has 0 aromatic heterocycles. The molecule has 0 radical (unpaired) electrons. The van der Waals surface area contributed by atoms with Crippen LogP contribution in [0, 0.1) is 23.7 Å². The van der Waals surface area contributed by atoms with Crippen LogP contribution in [0.1, 0.15) is 22.3 Å². The Kier molecular flexibility index (Phi) is 7.27. The fourth-order valence-electron chi connectivity index (χ4n) is 6.88. The number of methoxy groups -OCH3 is 1. The molecule has 43 heavy (non-hydrogen) atoms. The fraction of sp³-hybridized carbons (Fsp3) is 0.367. The molecular weight excluding hydrogens is 562 g/mol. The maximum Gasteiger partial charge on any atom is 0.396 e. The van der Waals surface area contributed by atoms with E-state index >= 15 is 0 Å². The number of amides is 2. The average Bonchev–Trinajstić information content (AvgIpc) is 2.94. The van der Waals surface area contributed by atoms with Crippen LogP contribution in [-0.4, -0.2) is 88.9 Å². The van der Waals surface area contributed by atoms with Gasteiger partial charge >= 0.3 is 11.9 Å². The molecule has 2 saturated carbocycles. The van der Waals surface area contributed by atoms with Gasteiger partial charge in [-0.2, -0.15) is 0 Å². The van der Waals surface area contributed by atoms with Crippen LogP contribution in [0.5, 0.6) is 5.75 Å². The Bertz CT molecular complexity index is 1610. The van der Waals surface area contributed by atoms with Crippen molar-refractivity contribution < 1.29 is 48.5 Å². The van der Waals surface area contributed by atoms with E-state index < -0.39 is 82.0 Å². The number of nitrogens with two attached hydrogens (primary N) is 1. The molecule has 0 bridgehead atoms. The molecule has 2 aromatic rings. The molecule has 2 fully saturated rings. The summed E-state index contributed by atoms with van der Waals surface area (Å²) in [7, 11) is 4.11. The Morgan fingerprint density at radius 3 is 2.26 bits per heavy atom. The number of aliphatic hydroxyl groups is 1. The maximum absolute atomic E-state index is 13.9. The van der Waals surface area contributed by atoms with Gasteiger partial charge in [-0.15, -0.1) is 0 Å². The van der Waals surface area contributed by atoms with Crippen LogP contribution in [0.15, 0.2) is 36.4 Å². The first-order chi connectivity index (χ1) is 20.2. The highest BCUT2D eigenvalue weighted by Crippen LogP contribution is 2.51. The Balaban J connectivity index is 1.56. The highest BCUT2D eigenvalue weighted by atomic mass is 16.5. The number of carbonyl (C=O) groups excluding carboxylic acids is 7. The van der Waals surface area contributed by atoms with Gasteiger partial charge in [0, 0.05) is 11.6 Å². The summed E-state index contributed by atoms with van der Waals surface area (Å²) in [4.78, 5) is 91.2. The first-order valence-electron chi connectivity index (χ1n) is 13.4. The lowest BCUT2D eigenvalue weighted by Crippen LogP contribution is -2.74. The number of aromatic hydroxyl groups is 1. The van der Waals surface area contributed by atoms with E-state index in [4.69, 9.17) is 5.73 Å². The van der Waals surface area contributed by atoms with E-state index in [1.807, 2.05) is 0 Å². The SMILES string of the molecule is COC(=O)C(=O)Nc1ccc(-c2ccc(O)c3c2C[C@H]2C[C@H]4[C@H](N(C)C)C(=O)C(C(N)=O)C(=O)[C@@]4(O)C(=O)C2C3=O)cc1. The van der Waals surface area contributed by atoms with Gasteiger partial charge in [-0.05, 0) is 67.7 Å². The zero-order chi connectivity index (χ0) is 31.5. The minimum atomic E-state index is -2.80. The number of hydrogen-bond acceptors (Lipinski definition) is 11. The first-order valence-corrected chi connectivity index (χ1v) is 13.4. The number of esters is 1. The van der Waals surface area contributed by atoms with Crippen LogP contribution in [0.3, 0.4) is 0 Å². The van der Waals surface area contributed by atoms with Crippen molar-refractivity contribution in [3.8, 4) is 16.9 Å². The van der Waals surface area contributed by atoms with Crippen LogP contribution in [0.25, 0.3) is 11.1 Å². The summed E-state index contributed by atoms with van der Waals surface area (Å²) in [5.41, 5.74) is 4.29. The van der Waals surface area contributed by atoms with Gasteiger partial charge < -0.3 is 26.0 Å². The summed E-state index contributed by atoms with van der Waals surface area (Å²) < 4.78 is 4.39. The lowest BCUT2D eigenvalue weighted by Gasteiger charge is -2.52. The number of Topliss-reactive ketones (excluding diaryl/α,β-unsaturated/α-hetero) is 4. The predicted molar refractivity (Wildman–Crippen MR) is 147 cm³/mol. The summed E-state index contributed by atoms with van der Waals surface area (Å²) in [6, 6.07) is 8.01. The molecule has 2 unspecified atom stereocenters. The second kappa shape index (κ2) is 10.5. The summed E-state index contributed by atoms with van der Waals surface area (Å²) in [5, 5.41) is 24.8. The van der Waals surface area contributed by atoms with Crippen molar-refractivity contribution in [1.82, 2.24) is 4.90 Å². The van der Waals surface area contributed by atoms with E-state index in [0.29, 0.717) is 22.4 Å². The van der Waals surface area contributed by atoms with Gasteiger partial charge in [0.2, 0.25) is 5.91 Å². The van der Waals surface area contributed by atoms with E-state index in [1.54, 1.807) is 18.2 Å². The van der Waals surface area contributed by atoms with Gasteiger partial charge in [0.1, 0.15) is 5.75 Å². The largest absolute Gasteiger partial charge is 0.507 e. The second-order valence-corrected chi connectivity index (χ2v) is 11.3. The highest BCUT2D eigenvalue weighted by Gasteiger charge is 2.69. The second-order valence-electron chi connectivity index (χ2n) is 11.3. The lowest BCUT2D eigenvalue weighted by molar-refractivity contribution is -0.181. The van der Waals surface area contributed by atoms with E-state index in [1.165, 1.54) is 37.2 Å². The number of fused-ring (bicyclic) bond motifs is 3. The van der Waals surface area contributed by atoms with Crippen molar-refractivity contribution >= 4 is 46.6 Å². The number of hydrogen-bond donors (Lipinski definition) is 4. The Morgan fingerprint density at radius 2 is 1.67 bits per heavy atom. The number of ketones is 4. The molecule has 13 heteroatoms. The Labute approximate surface area is 245 Å². The number of phenolic OH excluding ortho intramolecular Hbond substituents is 1. The molecule has 0 spiro atoms. The lowest BCUT2D eigenvalue weighted by atomic mass is 9.52. The van der Waals surface area contributed by atoms with Crippen LogP contribution in [0.2, 0.25) is 0 Å². The first kappa shape index (κ1) is 29.7. The molecule has 3 aliphatic rings. The molecule has 0 aliphatic heterocycles. The maximum atomic E-state index is 13.9. The number of benzene rings is 2. The van der Waals surface area contributed by atoms with Crippen LogP contribution >= 0.6 is 0 Å². The monoisotopic (exact) mass is 591 g/mol. The van der Waals surface area contributed by atoms with Crippen molar-refractivity contribution in [3.63, 3.8) is 0 Å². The third kappa shape index (κ3) is 4.43. The number of nitrogens with zero attached hydrogens (tertiary/aromatic N) is 1. The van der Waals surface area contributed by atoms with E-state index in [-0.39, 0.29) is 18.4 Å². The smallest absolute Gasteiger partial charge is 0.396 e. The fourth-order valence-corrected chi connectivity index (χ4v) is 6.88. The summed E-state index contributed by atoms with van der Waals surface area (Å²) in [6.07, 6.45) is 0.0217. The van der Waals surface area contributed by atoms with E-state index in [9.17, 15) is 43.8 Å². The van der Waals surface area contributed by atoms with Crippen molar-refractivity contribution in [3.05, 3.63) is 47.5 Å². The molecule has 224 valence electrons. The van der Waals surface area contributed by atoms with Crippen molar-refractivity contribution in [2.75, 3.05) is 26.5 Å². The zero-order valence-corrected chi connectivity index (χ0v) is 23.5. The van der Waals surface area contributed by atoms with Gasteiger partial charge in [0.15, 0.2) is 34.7 Å². The predicted octanol–water partition coefficient (Wildman–Crippen LogP) is -0.354. The molecular formula is C30H29N3O10. The molecule has 3 aliphatic carbocycles. The quantitative estimate of drug-likeness (QED) is 0.205. The molecule has 5 N–H and O–H groups in total. The molecule has 2 aromatic carbocycles. The molecule has 5 rings (SSSR count). The standard InChI is InChI=1S/C30H29N3O10/c1-33(2)22-17-11-13-10-16-15(12-4-6-14(7-5-12)32-28(40)29(41)43-3)8-9-18(34)20(16)23(35)19(13)25(37)30(17,42)26(38)21(24(22)36)27(31)39/h4-9,13,17,19,21-22,34,42H,10-11H2,1-3H3,(H2,31,39)(H,32,40)/t13-,17-,19?,21?,22-,30-/m0/s1. The number of carbonyl (C=O) groups is 7. The minimum absolute atomic E-state index is 0.0719. The third-order valence-corrected chi connectivity index (χ3v) is 8.77. The van der Waals surface area contributed by atoms with E-state index in [0.717, 1.165) is 7.11 Å². The number of ether oxygens (including phenoxy) is 1. The summed E-state index contributed by atoms with van der Waals surface area (Å²) in [5.74, 6) is -13.3. The Hall–Kier alpha value is -4.75. The van der Waals surface area contributed by atoms with Crippen LogP contribution in [0.4, 0.5) is 5.69 Å². The number of phenols is 1. The van der Waals surface area contributed by atoms with E-state index in [2.05, 4.69) is 10.1 Å². The molecule has 0 heterocycles. The Morgan fingerprint density at radius 1 is 1.02 bits per heavy atom. The molecule has 0 saturated heterocycles. The van der Waals surface area contributed by atoms with Crippen molar-refractivity contribution in [2.24, 2.45) is 29.4 Å². The number of nitrogens with one attached hydrogen (secondary N) is 1. The van der Waals surface area contributed by atoms with Crippen molar-refractivity contribution in [1.29, 1.82) is 0 Å². The normalized spacial score (nSPS) is 28.1. The molecule has 13 nitrogen and oxygen atoms in total. The number of anilines is 1. The summed E-state index contributed by atoms with van der Waals surface area (Å²) in [6.45, 7) is 0. The number of rotatable bonds is 4. The zero-order valence-electron chi connectivity index (χ0n) is 23.5. The van der Waals surface area contributed by atoms with Gasteiger partial charge in [-0.1, -0.05) is 18.2 Å². The van der Waals surface area contributed by atoms with Crippen molar-refractivity contribution in [2.45, 2.75) is 24.5 Å². The summed E-state index contributed by atoms with van der Waals surface area (Å²) >= 11 is 0. The highest BCUT2D eigenvalue weighted by molar-refractivity contribution is 6.37. The number of primary amides is 1. The van der Waals surface area contributed by atoms with Crippen LogP contribution in [-0.2, 0) is 39.9 Å². The molecule has 6 atom stereocenters. The van der Waals surface area contributed by atoms with Gasteiger partial charge in [0.25, 0.3) is 0 Å². The van der Waals surface area contributed by atoms with Gasteiger partial charge in [0.05, 0.1) is 24.6 Å². The molecule has 2 amide bonds. The minimum Gasteiger partial charge on any atom is -0.507 e. The third-order valence-electron chi connectivity index (χ3n) is 8.77. The van der Waals surface area contributed by atoms with Gasteiger partial charge in [-0.25, -0.2) is 4.79 Å². The number of likely N-dealkylation sites (N-methyl/N-ethyl adjacent to an activating group) is 1. The van der Waals surface area contributed by atoms with Crippen LogP contribution < -0.4 is 11.1 Å². The average molecular weight is 592 g/mol. The van der Waals surface area contributed by atoms with Gasteiger partial charge in [-0.3, -0.25) is 33.7 Å².